The average molecular weight is 363 g/mol. The van der Waals surface area contributed by atoms with Gasteiger partial charge in [-0.1, -0.05) is 42.5 Å². The Labute approximate surface area is 150 Å². The van der Waals surface area contributed by atoms with Gasteiger partial charge in [-0.25, -0.2) is 0 Å². The maximum Gasteiger partial charge on any atom is 0.411 e. The number of ether oxygens (including phenoxy) is 1. The first-order valence-corrected chi connectivity index (χ1v) is 8.51. The van der Waals surface area contributed by atoms with Crippen LogP contribution in [0.2, 0.25) is 0 Å². The van der Waals surface area contributed by atoms with Gasteiger partial charge in [0, 0.05) is 5.56 Å². The van der Waals surface area contributed by atoms with Crippen LogP contribution in [0.5, 0.6) is 0 Å². The minimum atomic E-state index is -4.34. The quantitative estimate of drug-likeness (QED) is 0.778. The Morgan fingerprint density at radius 2 is 1.73 bits per heavy atom. The molecule has 26 heavy (non-hydrogen) atoms. The summed E-state index contributed by atoms with van der Waals surface area (Å²) >= 11 is 0. The third-order valence-corrected chi connectivity index (χ3v) is 4.29. The van der Waals surface area contributed by atoms with E-state index < -0.39 is 12.8 Å². The molecule has 0 radical (unpaired) electrons. The van der Waals surface area contributed by atoms with E-state index in [0.717, 1.165) is 18.4 Å². The van der Waals surface area contributed by atoms with Gasteiger partial charge >= 0.3 is 6.18 Å². The number of carbonyl (C=O) groups excluding carboxylic acids is 1. The van der Waals surface area contributed by atoms with Gasteiger partial charge < -0.3 is 10.1 Å². The number of hydrogen-bond donors (Lipinski definition) is 1. The fourth-order valence-electron chi connectivity index (χ4n) is 2.82. The predicted octanol–water partition coefficient (Wildman–Crippen LogP) is 4.65. The second-order valence-electron chi connectivity index (χ2n) is 6.50. The number of alkyl halides is 3. The summed E-state index contributed by atoms with van der Waals surface area (Å²) in [4.78, 5) is 12.5. The highest BCUT2D eigenvalue weighted by Gasteiger charge is 2.33. The highest BCUT2D eigenvalue weighted by molar-refractivity contribution is 5.94. The summed E-state index contributed by atoms with van der Waals surface area (Å²) in [5.74, 6) is 0.268. The summed E-state index contributed by atoms with van der Waals surface area (Å²) in [6, 6.07) is 16.3. The van der Waals surface area contributed by atoms with Crippen LogP contribution in [0.25, 0.3) is 0 Å². The molecule has 6 heteroatoms. The Bertz CT molecular complexity index is 725. The van der Waals surface area contributed by atoms with Gasteiger partial charge in [-0.05, 0) is 42.0 Å². The van der Waals surface area contributed by atoms with Crippen molar-refractivity contribution in [1.29, 1.82) is 0 Å². The molecule has 1 N–H and O–H groups in total. The van der Waals surface area contributed by atoms with E-state index in [1.54, 1.807) is 24.3 Å². The van der Waals surface area contributed by atoms with Gasteiger partial charge in [0.25, 0.3) is 5.91 Å². The van der Waals surface area contributed by atoms with Crippen LogP contribution >= 0.6 is 0 Å². The Kier molecular flexibility index (Phi) is 5.61. The van der Waals surface area contributed by atoms with Gasteiger partial charge in [-0.3, -0.25) is 4.79 Å². The molecule has 138 valence electrons. The molecule has 2 aromatic rings. The Morgan fingerprint density at radius 1 is 1.08 bits per heavy atom. The largest absolute Gasteiger partial charge is 0.411 e. The van der Waals surface area contributed by atoms with Crippen molar-refractivity contribution in [3.05, 3.63) is 71.3 Å². The maximum atomic E-state index is 12.5. The molecule has 0 aliphatic heterocycles. The van der Waals surface area contributed by atoms with E-state index in [0.29, 0.717) is 17.0 Å². The second-order valence-corrected chi connectivity index (χ2v) is 6.50. The number of rotatable bonds is 7. The van der Waals surface area contributed by atoms with Crippen molar-refractivity contribution in [2.45, 2.75) is 31.7 Å². The lowest BCUT2D eigenvalue weighted by atomic mass is 10.0. The van der Waals surface area contributed by atoms with Crippen LogP contribution < -0.4 is 5.32 Å². The molecule has 1 fully saturated rings. The number of nitrogens with one attached hydrogen (secondary N) is 1. The number of halogens is 3. The van der Waals surface area contributed by atoms with Crippen LogP contribution in [0.3, 0.4) is 0 Å². The minimum absolute atomic E-state index is 0.0153. The zero-order valence-corrected chi connectivity index (χ0v) is 14.1. The molecule has 0 unspecified atom stereocenters. The van der Waals surface area contributed by atoms with Crippen molar-refractivity contribution in [3.8, 4) is 0 Å². The molecule has 1 atom stereocenters. The fourth-order valence-corrected chi connectivity index (χ4v) is 2.82. The number of carbonyl (C=O) groups is 1. The summed E-state index contributed by atoms with van der Waals surface area (Å²) in [5, 5.41) is 3.08. The first-order chi connectivity index (χ1) is 12.4. The zero-order chi connectivity index (χ0) is 18.6. The van der Waals surface area contributed by atoms with Crippen LogP contribution in [0, 0.1) is 5.92 Å². The standard InChI is InChI=1S/C20H20F3NO2/c21-20(22,23)13-26-12-14-6-8-17(9-7-14)19(25)24-18(16-10-11-16)15-4-2-1-3-5-15/h1-9,16,18H,10-13H2,(H,24,25)/t18-/m1/s1. The Hall–Kier alpha value is -2.34. The highest BCUT2D eigenvalue weighted by Crippen LogP contribution is 2.41. The highest BCUT2D eigenvalue weighted by atomic mass is 19.4. The third-order valence-electron chi connectivity index (χ3n) is 4.29. The van der Waals surface area contributed by atoms with Crippen molar-refractivity contribution >= 4 is 5.91 Å². The minimum Gasteiger partial charge on any atom is -0.367 e. The monoisotopic (exact) mass is 363 g/mol. The molecular weight excluding hydrogens is 343 g/mol. The molecule has 1 amide bonds. The number of amides is 1. The molecule has 0 spiro atoms. The summed E-state index contributed by atoms with van der Waals surface area (Å²) in [7, 11) is 0. The molecular formula is C20H20F3NO2. The third kappa shape index (κ3) is 5.33. The summed E-state index contributed by atoms with van der Waals surface area (Å²) in [6.07, 6.45) is -2.15. The lowest BCUT2D eigenvalue weighted by Crippen LogP contribution is -2.29. The molecule has 3 rings (SSSR count). The molecule has 3 nitrogen and oxygen atoms in total. The second kappa shape index (κ2) is 7.91. The van der Waals surface area contributed by atoms with Crippen LogP contribution in [0.15, 0.2) is 54.6 Å². The molecule has 0 bridgehead atoms. The van der Waals surface area contributed by atoms with Crippen molar-refractivity contribution in [2.24, 2.45) is 5.92 Å². The smallest absolute Gasteiger partial charge is 0.367 e. The summed E-state index contributed by atoms with van der Waals surface area (Å²) < 4.78 is 40.9. The van der Waals surface area contributed by atoms with E-state index in [9.17, 15) is 18.0 Å². The van der Waals surface area contributed by atoms with E-state index in [-0.39, 0.29) is 18.6 Å². The number of hydrogen-bond acceptors (Lipinski definition) is 2. The fraction of sp³-hybridized carbons (Fsp3) is 0.350. The lowest BCUT2D eigenvalue weighted by Gasteiger charge is -2.19. The van der Waals surface area contributed by atoms with Crippen LogP contribution in [-0.4, -0.2) is 18.7 Å². The number of benzene rings is 2. The summed E-state index contributed by atoms with van der Waals surface area (Å²) in [5.41, 5.74) is 2.15. The molecule has 2 aromatic carbocycles. The normalized spacial score (nSPS) is 15.5. The van der Waals surface area contributed by atoms with Gasteiger partial charge in [-0.2, -0.15) is 13.2 Å². The molecule has 0 aromatic heterocycles. The topological polar surface area (TPSA) is 38.3 Å². The van der Waals surface area contributed by atoms with E-state index in [1.807, 2.05) is 30.3 Å². The van der Waals surface area contributed by atoms with Gasteiger partial charge in [0.2, 0.25) is 0 Å². The van der Waals surface area contributed by atoms with Crippen LogP contribution in [-0.2, 0) is 11.3 Å². The SMILES string of the molecule is O=C(N[C@H](c1ccccc1)C1CC1)c1ccc(COCC(F)(F)F)cc1. The van der Waals surface area contributed by atoms with Crippen molar-refractivity contribution in [1.82, 2.24) is 5.32 Å². The van der Waals surface area contributed by atoms with Crippen LogP contribution in [0.1, 0.15) is 40.4 Å². The van der Waals surface area contributed by atoms with Crippen LogP contribution in [0.4, 0.5) is 13.2 Å². The van der Waals surface area contributed by atoms with Gasteiger partial charge in [0.05, 0.1) is 12.6 Å². The molecule has 1 aliphatic rings. The first-order valence-electron chi connectivity index (χ1n) is 8.51. The lowest BCUT2D eigenvalue weighted by molar-refractivity contribution is -0.176. The average Bonchev–Trinajstić information content (AvgIpc) is 3.45. The van der Waals surface area contributed by atoms with Crippen molar-refractivity contribution in [3.63, 3.8) is 0 Å². The van der Waals surface area contributed by atoms with E-state index in [1.165, 1.54) is 0 Å². The van der Waals surface area contributed by atoms with E-state index >= 15 is 0 Å². The zero-order valence-electron chi connectivity index (χ0n) is 14.1. The van der Waals surface area contributed by atoms with Crippen molar-refractivity contribution in [2.75, 3.05) is 6.61 Å². The van der Waals surface area contributed by atoms with Gasteiger partial charge in [-0.15, -0.1) is 0 Å². The molecule has 1 aliphatic carbocycles. The molecule has 0 heterocycles. The molecule has 1 saturated carbocycles. The first kappa shape index (κ1) is 18.5. The summed E-state index contributed by atoms with van der Waals surface area (Å²) in [6.45, 7) is -1.43. The van der Waals surface area contributed by atoms with E-state index in [4.69, 9.17) is 0 Å². The Balaban J connectivity index is 1.59. The van der Waals surface area contributed by atoms with E-state index in [2.05, 4.69) is 10.1 Å². The Morgan fingerprint density at radius 3 is 2.31 bits per heavy atom. The van der Waals surface area contributed by atoms with Crippen molar-refractivity contribution < 1.29 is 22.7 Å². The maximum absolute atomic E-state index is 12.5. The predicted molar refractivity (Wildman–Crippen MR) is 91.5 cm³/mol. The van der Waals surface area contributed by atoms with Gasteiger partial charge in [0.1, 0.15) is 6.61 Å². The van der Waals surface area contributed by atoms with Gasteiger partial charge in [0.15, 0.2) is 0 Å². The molecule has 0 saturated heterocycles.